The first-order valence-corrected chi connectivity index (χ1v) is 10.4. The molecule has 1 heterocycles. The second-order valence-electron chi connectivity index (χ2n) is 8.54. The van der Waals surface area contributed by atoms with Crippen molar-refractivity contribution in [3.63, 3.8) is 0 Å². The normalized spacial score (nSPS) is 20.3. The van der Waals surface area contributed by atoms with Gasteiger partial charge in [-0.25, -0.2) is 0 Å². The molecule has 0 atom stereocenters. The molecule has 5 heteroatoms. The Balaban J connectivity index is 1.55. The van der Waals surface area contributed by atoms with Crippen LogP contribution in [0.15, 0.2) is 24.3 Å². The molecule has 0 spiro atoms. The number of hydrogen-bond acceptors (Lipinski definition) is 3. The molecule has 0 bridgehead atoms. The molecule has 3 rings (SSSR count). The highest BCUT2D eigenvalue weighted by Gasteiger charge is 2.33. The zero-order valence-electron chi connectivity index (χ0n) is 16.5. The SMILES string of the molecule is CC1CCN(C(=O)c2ccc(NC(=O)CC3(CN)CCCCC3)cc2)CC1. The van der Waals surface area contributed by atoms with Gasteiger partial charge in [-0.3, -0.25) is 9.59 Å². The first-order valence-electron chi connectivity index (χ1n) is 10.4. The number of carbonyl (C=O) groups excluding carboxylic acids is 2. The highest BCUT2D eigenvalue weighted by Crippen LogP contribution is 2.38. The van der Waals surface area contributed by atoms with Gasteiger partial charge in [-0.15, -0.1) is 0 Å². The zero-order chi connectivity index (χ0) is 19.3. The first kappa shape index (κ1) is 19.9. The molecule has 27 heavy (non-hydrogen) atoms. The Morgan fingerprint density at radius 3 is 2.33 bits per heavy atom. The van der Waals surface area contributed by atoms with Crippen LogP contribution in [0.4, 0.5) is 5.69 Å². The van der Waals surface area contributed by atoms with Crippen LogP contribution in [0, 0.1) is 11.3 Å². The van der Waals surface area contributed by atoms with Gasteiger partial charge in [0.15, 0.2) is 0 Å². The van der Waals surface area contributed by atoms with E-state index in [1.807, 2.05) is 29.2 Å². The van der Waals surface area contributed by atoms with E-state index in [9.17, 15) is 9.59 Å². The average Bonchev–Trinajstić information content (AvgIpc) is 2.69. The summed E-state index contributed by atoms with van der Waals surface area (Å²) in [7, 11) is 0. The fraction of sp³-hybridized carbons (Fsp3) is 0.636. The zero-order valence-corrected chi connectivity index (χ0v) is 16.5. The standard InChI is InChI=1S/C22H33N3O2/c1-17-9-13-25(14-10-17)21(27)18-5-7-19(8-6-18)24-20(26)15-22(16-23)11-3-2-4-12-22/h5-8,17H,2-4,9-16,23H2,1H3,(H,24,26). The summed E-state index contributed by atoms with van der Waals surface area (Å²) in [4.78, 5) is 27.0. The average molecular weight is 372 g/mol. The van der Waals surface area contributed by atoms with Crippen molar-refractivity contribution in [2.75, 3.05) is 25.0 Å². The van der Waals surface area contributed by atoms with Crippen molar-refractivity contribution in [1.82, 2.24) is 4.90 Å². The molecule has 1 aromatic carbocycles. The van der Waals surface area contributed by atoms with Gasteiger partial charge in [0.1, 0.15) is 0 Å². The number of carbonyl (C=O) groups is 2. The molecule has 1 aromatic rings. The monoisotopic (exact) mass is 371 g/mol. The first-order chi connectivity index (χ1) is 13.0. The predicted octanol–water partition coefficient (Wildman–Crippen LogP) is 3.80. The number of anilines is 1. The van der Waals surface area contributed by atoms with E-state index < -0.39 is 0 Å². The van der Waals surface area contributed by atoms with Crippen molar-refractivity contribution in [1.29, 1.82) is 0 Å². The van der Waals surface area contributed by atoms with Gasteiger partial charge in [0.25, 0.3) is 5.91 Å². The number of amides is 2. The smallest absolute Gasteiger partial charge is 0.253 e. The van der Waals surface area contributed by atoms with E-state index in [1.165, 1.54) is 6.42 Å². The summed E-state index contributed by atoms with van der Waals surface area (Å²) in [6, 6.07) is 7.28. The van der Waals surface area contributed by atoms with Crippen LogP contribution in [0.25, 0.3) is 0 Å². The largest absolute Gasteiger partial charge is 0.339 e. The summed E-state index contributed by atoms with van der Waals surface area (Å²) in [5.74, 6) is 0.808. The molecule has 0 aromatic heterocycles. The van der Waals surface area contributed by atoms with Crippen LogP contribution in [0.1, 0.15) is 68.6 Å². The van der Waals surface area contributed by atoms with E-state index >= 15 is 0 Å². The molecule has 3 N–H and O–H groups in total. The lowest BCUT2D eigenvalue weighted by Gasteiger charge is -2.35. The minimum absolute atomic E-state index is 0.0199. The van der Waals surface area contributed by atoms with Crippen molar-refractivity contribution < 1.29 is 9.59 Å². The number of piperidine rings is 1. The molecule has 1 saturated carbocycles. The minimum Gasteiger partial charge on any atom is -0.339 e. The summed E-state index contributed by atoms with van der Waals surface area (Å²) in [5.41, 5.74) is 7.38. The van der Waals surface area contributed by atoms with Crippen LogP contribution >= 0.6 is 0 Å². The number of hydrogen-bond donors (Lipinski definition) is 2. The fourth-order valence-electron chi connectivity index (χ4n) is 4.39. The molecular weight excluding hydrogens is 338 g/mol. The molecule has 148 valence electrons. The van der Waals surface area contributed by atoms with E-state index in [0.29, 0.717) is 24.4 Å². The predicted molar refractivity (Wildman–Crippen MR) is 109 cm³/mol. The Morgan fingerprint density at radius 1 is 1.11 bits per heavy atom. The van der Waals surface area contributed by atoms with Gasteiger partial charge < -0.3 is 16.0 Å². The van der Waals surface area contributed by atoms with Crippen LogP contribution in [-0.4, -0.2) is 36.3 Å². The molecule has 1 aliphatic carbocycles. The Kier molecular flexibility index (Phi) is 6.53. The van der Waals surface area contributed by atoms with E-state index in [1.54, 1.807) is 0 Å². The molecule has 1 aliphatic heterocycles. The highest BCUT2D eigenvalue weighted by molar-refractivity contribution is 5.96. The molecule has 1 saturated heterocycles. The van der Waals surface area contributed by atoms with Crippen LogP contribution in [0.2, 0.25) is 0 Å². The molecule has 2 amide bonds. The van der Waals surface area contributed by atoms with Crippen LogP contribution in [0.5, 0.6) is 0 Å². The molecular formula is C22H33N3O2. The number of likely N-dealkylation sites (tertiary alicyclic amines) is 1. The van der Waals surface area contributed by atoms with Gasteiger partial charge in [0.2, 0.25) is 5.91 Å². The fourth-order valence-corrected chi connectivity index (χ4v) is 4.39. The van der Waals surface area contributed by atoms with E-state index in [-0.39, 0.29) is 17.2 Å². The maximum atomic E-state index is 12.6. The third-order valence-corrected chi connectivity index (χ3v) is 6.37. The second-order valence-corrected chi connectivity index (χ2v) is 8.54. The highest BCUT2D eigenvalue weighted by atomic mass is 16.2. The quantitative estimate of drug-likeness (QED) is 0.827. The molecule has 5 nitrogen and oxygen atoms in total. The Morgan fingerprint density at radius 2 is 1.74 bits per heavy atom. The molecule has 2 aliphatic rings. The van der Waals surface area contributed by atoms with Gasteiger partial charge in [-0.1, -0.05) is 26.2 Å². The maximum absolute atomic E-state index is 12.6. The van der Waals surface area contributed by atoms with Crippen LogP contribution < -0.4 is 11.1 Å². The molecule has 0 unspecified atom stereocenters. The van der Waals surface area contributed by atoms with Crippen molar-refractivity contribution in [2.24, 2.45) is 17.1 Å². The van der Waals surface area contributed by atoms with E-state index in [4.69, 9.17) is 5.73 Å². The summed E-state index contributed by atoms with van der Waals surface area (Å²) >= 11 is 0. The van der Waals surface area contributed by atoms with Gasteiger partial charge in [0, 0.05) is 30.8 Å². The Bertz CT molecular complexity index is 642. The second kappa shape index (κ2) is 8.87. The van der Waals surface area contributed by atoms with Crippen LogP contribution in [0.3, 0.4) is 0 Å². The topological polar surface area (TPSA) is 75.4 Å². The van der Waals surface area contributed by atoms with Gasteiger partial charge in [-0.2, -0.15) is 0 Å². The van der Waals surface area contributed by atoms with Gasteiger partial charge in [0.05, 0.1) is 0 Å². The summed E-state index contributed by atoms with van der Waals surface area (Å²) in [6.07, 6.45) is 8.28. The number of nitrogens with two attached hydrogens (primary N) is 1. The molecule has 0 radical (unpaired) electrons. The van der Waals surface area contributed by atoms with Crippen molar-refractivity contribution >= 4 is 17.5 Å². The lowest BCUT2D eigenvalue weighted by atomic mass is 9.71. The summed E-state index contributed by atoms with van der Waals surface area (Å²) in [6.45, 7) is 4.48. The Labute approximate surface area is 162 Å². The third kappa shape index (κ3) is 5.10. The van der Waals surface area contributed by atoms with Gasteiger partial charge in [-0.05, 0) is 67.8 Å². The van der Waals surface area contributed by atoms with Crippen LogP contribution in [-0.2, 0) is 4.79 Å². The van der Waals surface area contributed by atoms with E-state index in [0.717, 1.165) is 57.3 Å². The maximum Gasteiger partial charge on any atom is 0.253 e. The van der Waals surface area contributed by atoms with Gasteiger partial charge >= 0.3 is 0 Å². The third-order valence-electron chi connectivity index (χ3n) is 6.37. The van der Waals surface area contributed by atoms with E-state index in [2.05, 4.69) is 12.2 Å². The molecule has 2 fully saturated rings. The summed E-state index contributed by atoms with van der Waals surface area (Å²) in [5, 5.41) is 2.98. The number of benzene rings is 1. The van der Waals surface area contributed by atoms with Crippen molar-refractivity contribution in [2.45, 2.75) is 58.3 Å². The number of nitrogens with zero attached hydrogens (tertiary/aromatic N) is 1. The number of nitrogens with one attached hydrogen (secondary N) is 1. The summed E-state index contributed by atoms with van der Waals surface area (Å²) < 4.78 is 0. The number of rotatable bonds is 5. The van der Waals surface area contributed by atoms with Crippen molar-refractivity contribution in [3.05, 3.63) is 29.8 Å². The van der Waals surface area contributed by atoms with Crippen molar-refractivity contribution in [3.8, 4) is 0 Å². The minimum atomic E-state index is -0.0381. The lowest BCUT2D eigenvalue weighted by Crippen LogP contribution is -2.37. The lowest BCUT2D eigenvalue weighted by molar-refractivity contribution is -0.118. The Hall–Kier alpha value is -1.88.